The standard InChI is InChI=1S/C22H21Cl2N3O2/c1-12-9-14(22(3,4)29)10-13(2)19(12)27-21(28)20-25-8-7-18(26-20)16-11-15(23)5-6-17(16)24/h5-11,29H,1-4H3,(H,27,28). The summed E-state index contributed by atoms with van der Waals surface area (Å²) in [6.07, 6.45) is 1.51. The summed E-state index contributed by atoms with van der Waals surface area (Å²) in [4.78, 5) is 21.2. The van der Waals surface area contributed by atoms with Gasteiger partial charge in [0.05, 0.1) is 16.3 Å². The SMILES string of the molecule is Cc1cc(C(C)(C)O)cc(C)c1NC(=O)c1nccc(-c2cc(Cl)ccc2Cl)n1. The molecular weight excluding hydrogens is 409 g/mol. The van der Waals surface area contributed by atoms with Gasteiger partial charge < -0.3 is 10.4 Å². The van der Waals surface area contributed by atoms with Crippen molar-refractivity contribution in [3.63, 3.8) is 0 Å². The lowest BCUT2D eigenvalue weighted by atomic mass is 9.93. The molecule has 0 aliphatic carbocycles. The minimum atomic E-state index is -0.967. The Morgan fingerprint density at radius 3 is 2.34 bits per heavy atom. The minimum absolute atomic E-state index is 0.0175. The molecule has 3 rings (SSSR count). The quantitative estimate of drug-likeness (QED) is 0.569. The monoisotopic (exact) mass is 429 g/mol. The van der Waals surface area contributed by atoms with Gasteiger partial charge in [-0.3, -0.25) is 4.79 Å². The van der Waals surface area contributed by atoms with Crippen molar-refractivity contribution in [2.75, 3.05) is 5.32 Å². The second kappa shape index (κ2) is 8.11. The molecule has 0 unspecified atom stereocenters. The molecule has 0 spiro atoms. The second-order valence-corrected chi connectivity index (χ2v) is 8.23. The smallest absolute Gasteiger partial charge is 0.293 e. The molecule has 7 heteroatoms. The van der Waals surface area contributed by atoms with E-state index in [0.29, 0.717) is 27.0 Å². The van der Waals surface area contributed by atoms with Crippen LogP contribution in [0.15, 0.2) is 42.6 Å². The van der Waals surface area contributed by atoms with E-state index in [4.69, 9.17) is 23.2 Å². The third-order valence-electron chi connectivity index (χ3n) is 4.54. The van der Waals surface area contributed by atoms with Crippen molar-refractivity contribution in [2.45, 2.75) is 33.3 Å². The Bertz CT molecular complexity index is 1070. The van der Waals surface area contributed by atoms with Crippen LogP contribution in [0.3, 0.4) is 0 Å². The van der Waals surface area contributed by atoms with Gasteiger partial charge in [-0.1, -0.05) is 35.3 Å². The fourth-order valence-electron chi connectivity index (χ4n) is 3.00. The lowest BCUT2D eigenvalue weighted by molar-refractivity contribution is 0.0785. The van der Waals surface area contributed by atoms with Gasteiger partial charge >= 0.3 is 0 Å². The molecule has 0 fully saturated rings. The molecule has 150 valence electrons. The van der Waals surface area contributed by atoms with Gasteiger partial charge in [0, 0.05) is 22.5 Å². The molecule has 0 saturated heterocycles. The third kappa shape index (κ3) is 4.75. The number of nitrogens with one attached hydrogen (secondary N) is 1. The van der Waals surface area contributed by atoms with Crippen molar-refractivity contribution in [3.8, 4) is 11.3 Å². The number of carbonyl (C=O) groups excluding carboxylic acids is 1. The van der Waals surface area contributed by atoms with Crippen LogP contribution in [0.5, 0.6) is 0 Å². The normalized spacial score (nSPS) is 11.4. The van der Waals surface area contributed by atoms with Crippen LogP contribution in [0, 0.1) is 13.8 Å². The van der Waals surface area contributed by atoms with E-state index in [1.165, 1.54) is 6.20 Å². The highest BCUT2D eigenvalue weighted by atomic mass is 35.5. The van der Waals surface area contributed by atoms with E-state index in [2.05, 4.69) is 15.3 Å². The maximum absolute atomic E-state index is 12.8. The fraction of sp³-hybridized carbons (Fsp3) is 0.227. The van der Waals surface area contributed by atoms with Crippen molar-refractivity contribution in [2.24, 2.45) is 0 Å². The molecule has 0 aliphatic rings. The Morgan fingerprint density at radius 2 is 1.72 bits per heavy atom. The van der Waals surface area contributed by atoms with Crippen LogP contribution in [0.2, 0.25) is 10.0 Å². The summed E-state index contributed by atoms with van der Waals surface area (Å²) >= 11 is 12.3. The first-order valence-corrected chi connectivity index (χ1v) is 9.76. The molecule has 2 aromatic carbocycles. The summed E-state index contributed by atoms with van der Waals surface area (Å²) in [6, 6.07) is 10.4. The van der Waals surface area contributed by atoms with Crippen LogP contribution in [0.1, 0.15) is 41.2 Å². The van der Waals surface area contributed by atoms with Crippen LogP contribution < -0.4 is 5.32 Å². The van der Waals surface area contributed by atoms with E-state index in [9.17, 15) is 9.90 Å². The Morgan fingerprint density at radius 1 is 1.07 bits per heavy atom. The zero-order chi connectivity index (χ0) is 21.3. The molecule has 3 aromatic rings. The summed E-state index contributed by atoms with van der Waals surface area (Å²) in [6.45, 7) is 7.20. The number of carbonyl (C=O) groups is 1. The number of nitrogens with zero attached hydrogens (tertiary/aromatic N) is 2. The van der Waals surface area contributed by atoms with Gasteiger partial charge in [0.15, 0.2) is 0 Å². The molecule has 2 N–H and O–H groups in total. The van der Waals surface area contributed by atoms with E-state index < -0.39 is 11.5 Å². The van der Waals surface area contributed by atoms with E-state index in [0.717, 1.165) is 16.7 Å². The van der Waals surface area contributed by atoms with E-state index >= 15 is 0 Å². The van der Waals surface area contributed by atoms with Crippen LogP contribution in [0.25, 0.3) is 11.3 Å². The summed E-state index contributed by atoms with van der Waals surface area (Å²) in [5, 5.41) is 14.1. The fourth-order valence-corrected chi connectivity index (χ4v) is 3.38. The molecule has 0 atom stereocenters. The summed E-state index contributed by atoms with van der Waals surface area (Å²) < 4.78 is 0. The average molecular weight is 430 g/mol. The van der Waals surface area contributed by atoms with Gasteiger partial charge in [0.25, 0.3) is 5.91 Å². The van der Waals surface area contributed by atoms with Crippen molar-refractivity contribution in [3.05, 3.63) is 75.2 Å². The highest BCUT2D eigenvalue weighted by Crippen LogP contribution is 2.30. The molecule has 29 heavy (non-hydrogen) atoms. The average Bonchev–Trinajstić information content (AvgIpc) is 2.65. The molecule has 0 aliphatic heterocycles. The molecule has 0 saturated carbocycles. The zero-order valence-electron chi connectivity index (χ0n) is 16.5. The van der Waals surface area contributed by atoms with Gasteiger partial charge in [0.1, 0.15) is 0 Å². The molecule has 0 bridgehead atoms. The van der Waals surface area contributed by atoms with Crippen molar-refractivity contribution < 1.29 is 9.90 Å². The van der Waals surface area contributed by atoms with Crippen molar-refractivity contribution in [1.29, 1.82) is 0 Å². The Balaban J connectivity index is 1.92. The third-order valence-corrected chi connectivity index (χ3v) is 5.11. The maximum Gasteiger partial charge on any atom is 0.293 e. The minimum Gasteiger partial charge on any atom is -0.386 e. The van der Waals surface area contributed by atoms with E-state index in [1.807, 2.05) is 26.0 Å². The van der Waals surface area contributed by atoms with Crippen LogP contribution >= 0.6 is 23.2 Å². The van der Waals surface area contributed by atoms with Crippen molar-refractivity contribution in [1.82, 2.24) is 9.97 Å². The second-order valence-electron chi connectivity index (χ2n) is 7.39. The van der Waals surface area contributed by atoms with Crippen LogP contribution in [0.4, 0.5) is 5.69 Å². The molecule has 1 amide bonds. The first-order chi connectivity index (χ1) is 13.6. The molecule has 0 radical (unpaired) electrons. The summed E-state index contributed by atoms with van der Waals surface area (Å²) in [7, 11) is 0. The molecule has 1 heterocycles. The van der Waals surface area contributed by atoms with E-state index in [1.54, 1.807) is 38.1 Å². The number of amides is 1. The highest BCUT2D eigenvalue weighted by molar-refractivity contribution is 6.35. The maximum atomic E-state index is 12.8. The number of halogens is 2. The largest absolute Gasteiger partial charge is 0.386 e. The number of anilines is 1. The zero-order valence-corrected chi connectivity index (χ0v) is 18.1. The lowest BCUT2D eigenvalue weighted by Gasteiger charge is -2.21. The number of rotatable bonds is 4. The number of aryl methyl sites for hydroxylation is 2. The summed E-state index contributed by atoms with van der Waals surface area (Å²) in [5.41, 5.74) is 3.28. The van der Waals surface area contributed by atoms with Gasteiger partial charge in [-0.2, -0.15) is 0 Å². The number of aromatic nitrogens is 2. The molecule has 1 aromatic heterocycles. The Hall–Kier alpha value is -2.47. The van der Waals surface area contributed by atoms with Gasteiger partial charge in [-0.25, -0.2) is 9.97 Å². The van der Waals surface area contributed by atoms with Gasteiger partial charge in [0.2, 0.25) is 5.82 Å². The number of benzene rings is 2. The number of hydrogen-bond acceptors (Lipinski definition) is 4. The molecular formula is C22H21Cl2N3O2. The van der Waals surface area contributed by atoms with Gasteiger partial charge in [-0.05, 0) is 68.7 Å². The van der Waals surface area contributed by atoms with Crippen LogP contribution in [-0.4, -0.2) is 21.0 Å². The number of aliphatic hydroxyl groups is 1. The number of hydrogen-bond donors (Lipinski definition) is 2. The predicted molar refractivity (Wildman–Crippen MR) is 117 cm³/mol. The first-order valence-electron chi connectivity index (χ1n) is 9.00. The van der Waals surface area contributed by atoms with Crippen molar-refractivity contribution >= 4 is 34.8 Å². The Kier molecular flexibility index (Phi) is 5.94. The lowest BCUT2D eigenvalue weighted by Crippen LogP contribution is -2.19. The van der Waals surface area contributed by atoms with Crippen LogP contribution in [-0.2, 0) is 5.60 Å². The highest BCUT2D eigenvalue weighted by Gasteiger charge is 2.20. The predicted octanol–water partition coefficient (Wildman–Crippen LogP) is 5.55. The topological polar surface area (TPSA) is 75.1 Å². The summed E-state index contributed by atoms with van der Waals surface area (Å²) in [5.74, 6) is -0.420. The van der Waals surface area contributed by atoms with Gasteiger partial charge in [-0.15, -0.1) is 0 Å². The van der Waals surface area contributed by atoms with E-state index in [-0.39, 0.29) is 5.82 Å². The molecule has 5 nitrogen and oxygen atoms in total. The Labute approximate surface area is 179 Å². The first kappa shape index (κ1) is 21.2.